The molecule has 0 aliphatic heterocycles. The van der Waals surface area contributed by atoms with E-state index in [-0.39, 0.29) is 12.2 Å². The molecule has 0 spiro atoms. The van der Waals surface area contributed by atoms with Crippen molar-refractivity contribution in [2.45, 2.75) is 155 Å². The lowest BCUT2D eigenvalue weighted by molar-refractivity contribution is 0.170. The quantitative estimate of drug-likeness (QED) is 0.0790. The Morgan fingerprint density at radius 2 is 1.14 bits per heavy atom. The molecule has 216 valence electrons. The summed E-state index contributed by atoms with van der Waals surface area (Å²) < 4.78 is 11.6. The van der Waals surface area contributed by atoms with Gasteiger partial charge in [0.2, 0.25) is 0 Å². The zero-order valence-electron chi connectivity index (χ0n) is 24.1. The van der Waals surface area contributed by atoms with E-state index in [9.17, 15) is 14.4 Å². The number of allylic oxidation sites excluding steroid dienone is 1. The van der Waals surface area contributed by atoms with E-state index >= 15 is 0 Å². The SMILES string of the molecule is CCCCCCCCCCCCCC(C=CCl)CCCC(CCP(=O)(O)O)N(CCCC)CCCC. The maximum absolute atomic E-state index is 11.6. The molecule has 2 unspecified atom stereocenters. The van der Waals surface area contributed by atoms with Crippen molar-refractivity contribution in [1.82, 2.24) is 4.90 Å². The van der Waals surface area contributed by atoms with Crippen LogP contribution in [0.3, 0.4) is 0 Å². The Balaban J connectivity index is 4.44. The van der Waals surface area contributed by atoms with Gasteiger partial charge in [-0.15, -0.1) is 0 Å². The van der Waals surface area contributed by atoms with Crippen LogP contribution in [-0.2, 0) is 4.57 Å². The molecule has 0 aromatic heterocycles. The first-order valence-electron chi connectivity index (χ1n) is 15.4. The fourth-order valence-corrected chi connectivity index (χ4v) is 5.99. The van der Waals surface area contributed by atoms with Crippen LogP contribution in [0.1, 0.15) is 149 Å². The Kier molecular flexibility index (Phi) is 25.5. The van der Waals surface area contributed by atoms with Gasteiger partial charge >= 0.3 is 7.60 Å². The highest BCUT2D eigenvalue weighted by atomic mass is 35.5. The zero-order valence-corrected chi connectivity index (χ0v) is 25.8. The van der Waals surface area contributed by atoms with Gasteiger partial charge < -0.3 is 14.7 Å². The molecular weight excluding hydrogens is 489 g/mol. The number of rotatable bonds is 27. The van der Waals surface area contributed by atoms with Crippen LogP contribution < -0.4 is 0 Å². The van der Waals surface area contributed by atoms with Gasteiger partial charge in [0.1, 0.15) is 0 Å². The number of hydrogen-bond acceptors (Lipinski definition) is 2. The molecule has 0 saturated carbocycles. The molecule has 4 nitrogen and oxygen atoms in total. The van der Waals surface area contributed by atoms with Crippen molar-refractivity contribution in [3.05, 3.63) is 11.6 Å². The molecule has 0 amide bonds. The predicted molar refractivity (Wildman–Crippen MR) is 160 cm³/mol. The molecule has 0 heterocycles. The average molecular weight is 550 g/mol. The minimum atomic E-state index is -3.96. The van der Waals surface area contributed by atoms with Gasteiger partial charge in [0.15, 0.2) is 0 Å². The largest absolute Gasteiger partial charge is 0.325 e. The summed E-state index contributed by atoms with van der Waals surface area (Å²) in [6, 6.07) is 0.262. The lowest BCUT2D eigenvalue weighted by atomic mass is 9.93. The summed E-state index contributed by atoms with van der Waals surface area (Å²) in [5, 5.41) is 0. The molecule has 2 N–H and O–H groups in total. The Morgan fingerprint density at radius 3 is 1.61 bits per heavy atom. The van der Waals surface area contributed by atoms with Gasteiger partial charge in [-0.3, -0.25) is 4.57 Å². The summed E-state index contributed by atoms with van der Waals surface area (Å²) in [4.78, 5) is 21.5. The Morgan fingerprint density at radius 1 is 0.667 bits per heavy atom. The van der Waals surface area contributed by atoms with E-state index in [4.69, 9.17) is 11.6 Å². The van der Waals surface area contributed by atoms with Crippen molar-refractivity contribution in [3.63, 3.8) is 0 Å². The highest BCUT2D eigenvalue weighted by molar-refractivity contribution is 7.51. The van der Waals surface area contributed by atoms with E-state index < -0.39 is 7.60 Å². The first-order valence-corrected chi connectivity index (χ1v) is 17.7. The molecule has 0 radical (unpaired) electrons. The zero-order chi connectivity index (χ0) is 26.9. The molecular formula is C30H61ClNO3P. The van der Waals surface area contributed by atoms with Crippen molar-refractivity contribution in [1.29, 1.82) is 0 Å². The minimum Gasteiger partial charge on any atom is -0.324 e. The molecule has 36 heavy (non-hydrogen) atoms. The van der Waals surface area contributed by atoms with Gasteiger partial charge in [0.25, 0.3) is 0 Å². The van der Waals surface area contributed by atoms with Crippen LogP contribution in [0.4, 0.5) is 0 Å². The van der Waals surface area contributed by atoms with Gasteiger partial charge in [0, 0.05) is 11.6 Å². The molecule has 0 rings (SSSR count). The average Bonchev–Trinajstić information content (AvgIpc) is 2.84. The Hall–Kier alpha value is 0.140. The van der Waals surface area contributed by atoms with Crippen molar-refractivity contribution in [2.24, 2.45) is 5.92 Å². The monoisotopic (exact) mass is 549 g/mol. The predicted octanol–water partition coefficient (Wildman–Crippen LogP) is 10.1. The fourth-order valence-electron chi connectivity index (χ4n) is 5.15. The number of hydrogen-bond donors (Lipinski definition) is 2. The second-order valence-corrected chi connectivity index (χ2v) is 12.9. The summed E-state index contributed by atoms with van der Waals surface area (Å²) in [7, 11) is -3.96. The topological polar surface area (TPSA) is 60.8 Å². The molecule has 0 saturated heterocycles. The lowest BCUT2D eigenvalue weighted by Crippen LogP contribution is -2.37. The summed E-state index contributed by atoms with van der Waals surface area (Å²) in [5.41, 5.74) is 1.68. The van der Waals surface area contributed by atoms with E-state index in [0.717, 1.165) is 58.0 Å². The van der Waals surface area contributed by atoms with Gasteiger partial charge in [-0.05, 0) is 57.5 Å². The molecule has 0 aromatic rings. The smallest absolute Gasteiger partial charge is 0.324 e. The van der Waals surface area contributed by atoms with Crippen molar-refractivity contribution >= 4 is 19.2 Å². The van der Waals surface area contributed by atoms with E-state index in [0.29, 0.717) is 12.3 Å². The normalized spacial score (nSPS) is 14.2. The highest BCUT2D eigenvalue weighted by Gasteiger charge is 2.22. The molecule has 0 aromatic carbocycles. The summed E-state index contributed by atoms with van der Waals surface area (Å²) in [6.07, 6.45) is 26.8. The first kappa shape index (κ1) is 36.1. The van der Waals surface area contributed by atoms with Crippen molar-refractivity contribution < 1.29 is 14.4 Å². The number of unbranched alkanes of at least 4 members (excludes halogenated alkanes) is 12. The molecule has 0 bridgehead atoms. The lowest BCUT2D eigenvalue weighted by Gasteiger charge is -2.32. The minimum absolute atomic E-state index is 0.00380. The molecule has 6 heteroatoms. The van der Waals surface area contributed by atoms with Crippen LogP contribution in [0.15, 0.2) is 11.6 Å². The third-order valence-electron chi connectivity index (χ3n) is 7.50. The second kappa shape index (κ2) is 25.4. The van der Waals surface area contributed by atoms with E-state index in [1.165, 1.54) is 77.0 Å². The molecule has 2 atom stereocenters. The Labute approximate surface area is 230 Å². The van der Waals surface area contributed by atoms with E-state index in [2.05, 4.69) is 31.7 Å². The number of halogens is 1. The Bertz CT molecular complexity index is 532. The van der Waals surface area contributed by atoms with Crippen LogP contribution >= 0.6 is 19.2 Å². The van der Waals surface area contributed by atoms with Crippen LogP contribution in [0.25, 0.3) is 0 Å². The maximum atomic E-state index is 11.6. The highest BCUT2D eigenvalue weighted by Crippen LogP contribution is 2.36. The second-order valence-electron chi connectivity index (χ2n) is 10.9. The fraction of sp³-hybridized carbons (Fsp3) is 0.933. The van der Waals surface area contributed by atoms with Gasteiger partial charge in [0.05, 0.1) is 6.16 Å². The van der Waals surface area contributed by atoms with Crippen LogP contribution in [0, 0.1) is 5.92 Å². The van der Waals surface area contributed by atoms with E-state index in [1.807, 2.05) is 0 Å². The molecule has 0 aliphatic rings. The molecule has 0 aliphatic carbocycles. The van der Waals surface area contributed by atoms with Crippen LogP contribution in [0.5, 0.6) is 0 Å². The summed E-state index contributed by atoms with van der Waals surface area (Å²) in [5.74, 6) is 0.517. The van der Waals surface area contributed by atoms with Gasteiger partial charge in [-0.1, -0.05) is 128 Å². The van der Waals surface area contributed by atoms with Gasteiger partial charge in [-0.25, -0.2) is 0 Å². The summed E-state index contributed by atoms with van der Waals surface area (Å²) >= 11 is 5.97. The third kappa shape index (κ3) is 23.3. The number of nitrogens with zero attached hydrogens (tertiary/aromatic N) is 1. The van der Waals surface area contributed by atoms with Crippen LogP contribution in [0.2, 0.25) is 0 Å². The van der Waals surface area contributed by atoms with Crippen molar-refractivity contribution in [2.75, 3.05) is 19.3 Å². The van der Waals surface area contributed by atoms with Gasteiger partial charge in [-0.2, -0.15) is 0 Å². The summed E-state index contributed by atoms with van der Waals surface area (Å²) in [6.45, 7) is 8.76. The maximum Gasteiger partial charge on any atom is 0.325 e. The van der Waals surface area contributed by atoms with Crippen LogP contribution in [-0.4, -0.2) is 40.0 Å². The first-order chi connectivity index (χ1) is 17.4. The standard InChI is InChI=1S/C30H61ClNO3P/c1-4-7-10-11-12-13-14-15-16-17-18-20-29(23-25-31)21-19-22-30(24-28-36(33,34)35)32(26-8-5-2)27-9-6-3/h23,25,29-30H,4-22,24,26-28H2,1-3H3,(H2,33,34,35). The van der Waals surface area contributed by atoms with E-state index in [1.54, 1.807) is 5.54 Å². The van der Waals surface area contributed by atoms with Crippen molar-refractivity contribution in [3.8, 4) is 0 Å². The third-order valence-corrected chi connectivity index (χ3v) is 8.49. The molecule has 0 fully saturated rings.